The largest absolute Gasteiger partial charge is 0.493 e. The van der Waals surface area contributed by atoms with Crippen LogP contribution in [0.5, 0.6) is 17.2 Å². The number of hydrogen-bond donors (Lipinski definition) is 1. The summed E-state index contributed by atoms with van der Waals surface area (Å²) >= 11 is 0. The zero-order chi connectivity index (χ0) is 18.2. The SMILES string of the molecule is COc1cc(C(=O)NCCOc2ccc(C)cc2)ccc1OC(C)C. The summed E-state index contributed by atoms with van der Waals surface area (Å²) in [5, 5.41) is 2.83. The molecule has 0 saturated heterocycles. The van der Waals surface area contributed by atoms with Gasteiger partial charge in [0.25, 0.3) is 5.91 Å². The van der Waals surface area contributed by atoms with Gasteiger partial charge in [0, 0.05) is 5.56 Å². The maximum Gasteiger partial charge on any atom is 0.251 e. The van der Waals surface area contributed by atoms with Crippen molar-refractivity contribution in [2.75, 3.05) is 20.3 Å². The number of carbonyl (C=O) groups is 1. The smallest absolute Gasteiger partial charge is 0.251 e. The average molecular weight is 343 g/mol. The fraction of sp³-hybridized carbons (Fsp3) is 0.350. The molecule has 5 heteroatoms. The van der Waals surface area contributed by atoms with E-state index < -0.39 is 0 Å². The van der Waals surface area contributed by atoms with Gasteiger partial charge in [-0.1, -0.05) is 17.7 Å². The number of hydrogen-bond acceptors (Lipinski definition) is 4. The Morgan fingerprint density at radius 3 is 2.44 bits per heavy atom. The second kappa shape index (κ2) is 8.97. The van der Waals surface area contributed by atoms with Crippen molar-refractivity contribution < 1.29 is 19.0 Å². The summed E-state index contributed by atoms with van der Waals surface area (Å²) in [7, 11) is 1.56. The highest BCUT2D eigenvalue weighted by molar-refractivity contribution is 5.94. The molecule has 134 valence electrons. The van der Waals surface area contributed by atoms with Gasteiger partial charge >= 0.3 is 0 Å². The molecular formula is C20H25NO4. The Kier molecular flexibility index (Phi) is 6.69. The molecule has 0 atom stereocenters. The first-order valence-electron chi connectivity index (χ1n) is 8.32. The first-order valence-corrected chi connectivity index (χ1v) is 8.32. The molecule has 0 unspecified atom stereocenters. The summed E-state index contributed by atoms with van der Waals surface area (Å²) in [6.45, 7) is 6.72. The lowest BCUT2D eigenvalue weighted by atomic mass is 10.2. The van der Waals surface area contributed by atoms with E-state index in [0.29, 0.717) is 30.2 Å². The van der Waals surface area contributed by atoms with Gasteiger partial charge < -0.3 is 19.5 Å². The maximum absolute atomic E-state index is 12.2. The van der Waals surface area contributed by atoms with Crippen molar-refractivity contribution in [3.63, 3.8) is 0 Å². The van der Waals surface area contributed by atoms with Crippen LogP contribution in [-0.4, -0.2) is 32.3 Å². The third kappa shape index (κ3) is 5.71. The molecule has 2 aromatic carbocycles. The van der Waals surface area contributed by atoms with Crippen molar-refractivity contribution in [2.45, 2.75) is 26.9 Å². The molecule has 2 aromatic rings. The van der Waals surface area contributed by atoms with Crippen LogP contribution in [0.4, 0.5) is 0 Å². The summed E-state index contributed by atoms with van der Waals surface area (Å²) in [6, 6.07) is 12.9. The zero-order valence-electron chi connectivity index (χ0n) is 15.2. The normalized spacial score (nSPS) is 10.4. The molecule has 0 aromatic heterocycles. The van der Waals surface area contributed by atoms with E-state index in [0.717, 1.165) is 5.75 Å². The molecule has 0 spiro atoms. The van der Waals surface area contributed by atoms with Crippen molar-refractivity contribution in [1.82, 2.24) is 5.32 Å². The third-order valence-electron chi connectivity index (χ3n) is 3.47. The van der Waals surface area contributed by atoms with Gasteiger partial charge in [-0.25, -0.2) is 0 Å². The predicted octanol–water partition coefficient (Wildman–Crippen LogP) is 3.60. The van der Waals surface area contributed by atoms with Crippen LogP contribution in [0.2, 0.25) is 0 Å². The summed E-state index contributed by atoms with van der Waals surface area (Å²) in [4.78, 5) is 12.2. The second-order valence-corrected chi connectivity index (χ2v) is 5.95. The lowest BCUT2D eigenvalue weighted by Crippen LogP contribution is -2.28. The van der Waals surface area contributed by atoms with Crippen LogP contribution in [0.15, 0.2) is 42.5 Å². The third-order valence-corrected chi connectivity index (χ3v) is 3.47. The minimum Gasteiger partial charge on any atom is -0.493 e. The molecule has 25 heavy (non-hydrogen) atoms. The average Bonchev–Trinajstić information content (AvgIpc) is 2.60. The van der Waals surface area contributed by atoms with E-state index in [4.69, 9.17) is 14.2 Å². The highest BCUT2D eigenvalue weighted by Crippen LogP contribution is 2.28. The Bertz CT molecular complexity index is 695. The van der Waals surface area contributed by atoms with E-state index in [1.165, 1.54) is 5.56 Å². The first kappa shape index (κ1) is 18.6. The van der Waals surface area contributed by atoms with Gasteiger partial charge in [0.1, 0.15) is 12.4 Å². The van der Waals surface area contributed by atoms with Crippen molar-refractivity contribution in [1.29, 1.82) is 0 Å². The van der Waals surface area contributed by atoms with E-state index in [1.807, 2.05) is 45.0 Å². The molecule has 0 radical (unpaired) electrons. The Morgan fingerprint density at radius 2 is 1.80 bits per heavy atom. The molecule has 0 fully saturated rings. The van der Waals surface area contributed by atoms with Crippen molar-refractivity contribution in [3.05, 3.63) is 53.6 Å². The van der Waals surface area contributed by atoms with Gasteiger partial charge in [-0.2, -0.15) is 0 Å². The summed E-state index contributed by atoms with van der Waals surface area (Å²) in [6.07, 6.45) is 0.0347. The molecule has 2 rings (SSSR count). The Labute approximate surface area is 148 Å². The van der Waals surface area contributed by atoms with Crippen LogP contribution >= 0.6 is 0 Å². The van der Waals surface area contributed by atoms with E-state index in [2.05, 4.69) is 5.32 Å². The number of nitrogens with one attached hydrogen (secondary N) is 1. The molecule has 0 aliphatic carbocycles. The molecule has 0 aliphatic heterocycles. The minimum absolute atomic E-state index is 0.0347. The second-order valence-electron chi connectivity index (χ2n) is 5.95. The van der Waals surface area contributed by atoms with E-state index >= 15 is 0 Å². The summed E-state index contributed by atoms with van der Waals surface area (Å²) in [5.41, 5.74) is 1.70. The summed E-state index contributed by atoms with van der Waals surface area (Å²) in [5.74, 6) is 1.77. The van der Waals surface area contributed by atoms with Gasteiger partial charge in [0.2, 0.25) is 0 Å². The quantitative estimate of drug-likeness (QED) is 0.744. The van der Waals surface area contributed by atoms with Crippen molar-refractivity contribution >= 4 is 5.91 Å². The fourth-order valence-electron chi connectivity index (χ4n) is 2.23. The van der Waals surface area contributed by atoms with Crippen LogP contribution in [0.3, 0.4) is 0 Å². The molecular weight excluding hydrogens is 318 g/mol. The molecule has 1 amide bonds. The number of amides is 1. The number of benzene rings is 2. The number of rotatable bonds is 8. The van der Waals surface area contributed by atoms with Crippen LogP contribution < -0.4 is 19.5 Å². The molecule has 0 heterocycles. The molecule has 0 bridgehead atoms. The van der Waals surface area contributed by atoms with Gasteiger partial charge in [0.05, 0.1) is 19.8 Å². The van der Waals surface area contributed by atoms with Crippen LogP contribution in [0.1, 0.15) is 29.8 Å². The van der Waals surface area contributed by atoms with Gasteiger partial charge in [-0.3, -0.25) is 4.79 Å². The van der Waals surface area contributed by atoms with Gasteiger partial charge in [-0.15, -0.1) is 0 Å². The number of ether oxygens (including phenoxy) is 3. The van der Waals surface area contributed by atoms with Crippen molar-refractivity contribution in [2.24, 2.45) is 0 Å². The lowest BCUT2D eigenvalue weighted by molar-refractivity contribution is 0.0946. The topological polar surface area (TPSA) is 56.8 Å². The molecule has 0 saturated carbocycles. The maximum atomic E-state index is 12.2. The summed E-state index contributed by atoms with van der Waals surface area (Å²) < 4.78 is 16.5. The fourth-order valence-corrected chi connectivity index (χ4v) is 2.23. The number of carbonyl (C=O) groups excluding carboxylic acids is 1. The molecule has 1 N–H and O–H groups in total. The first-order chi connectivity index (χ1) is 12.0. The Hall–Kier alpha value is -2.69. The van der Waals surface area contributed by atoms with Crippen molar-refractivity contribution in [3.8, 4) is 17.2 Å². The highest BCUT2D eigenvalue weighted by Gasteiger charge is 2.12. The minimum atomic E-state index is -0.179. The van der Waals surface area contributed by atoms with E-state index in [-0.39, 0.29) is 12.0 Å². The van der Waals surface area contributed by atoms with Crippen LogP contribution in [-0.2, 0) is 0 Å². The lowest BCUT2D eigenvalue weighted by Gasteiger charge is -2.14. The predicted molar refractivity (Wildman–Crippen MR) is 97.8 cm³/mol. The Morgan fingerprint density at radius 1 is 1.08 bits per heavy atom. The van der Waals surface area contributed by atoms with E-state index in [9.17, 15) is 4.79 Å². The zero-order valence-corrected chi connectivity index (χ0v) is 15.2. The molecule has 0 aliphatic rings. The van der Waals surface area contributed by atoms with E-state index in [1.54, 1.807) is 25.3 Å². The van der Waals surface area contributed by atoms with Crippen LogP contribution in [0.25, 0.3) is 0 Å². The van der Waals surface area contributed by atoms with Gasteiger partial charge in [-0.05, 0) is 51.1 Å². The number of aryl methyl sites for hydroxylation is 1. The van der Waals surface area contributed by atoms with Crippen LogP contribution in [0, 0.1) is 6.92 Å². The van der Waals surface area contributed by atoms with Gasteiger partial charge in [0.15, 0.2) is 11.5 Å². The highest BCUT2D eigenvalue weighted by atomic mass is 16.5. The standard InChI is InChI=1S/C20H25NO4/c1-14(2)25-18-10-7-16(13-19(18)23-4)20(22)21-11-12-24-17-8-5-15(3)6-9-17/h5-10,13-14H,11-12H2,1-4H3,(H,21,22). The Balaban J connectivity index is 1.86. The molecule has 5 nitrogen and oxygen atoms in total. The monoisotopic (exact) mass is 343 g/mol. The number of methoxy groups -OCH3 is 1.